The summed E-state index contributed by atoms with van der Waals surface area (Å²) in [5, 5.41) is 31.9. The maximum absolute atomic E-state index is 10.5. The summed E-state index contributed by atoms with van der Waals surface area (Å²) in [6.45, 7) is 1.89. The molecule has 0 atom stereocenters. The molecule has 0 saturated carbocycles. The van der Waals surface area contributed by atoms with E-state index in [4.69, 9.17) is 25.7 Å². The van der Waals surface area contributed by atoms with E-state index in [-0.39, 0.29) is 33.6 Å². The van der Waals surface area contributed by atoms with Gasteiger partial charge in [-0.1, -0.05) is 6.92 Å². The van der Waals surface area contributed by atoms with Crippen molar-refractivity contribution >= 4 is 5.97 Å². The SMILES string of the molecule is CCc1cc(C#N)c(C(=O)O)[nH]1.O=[N+]([O-])[O-].[Ag+]. The van der Waals surface area contributed by atoms with Gasteiger partial charge >= 0.3 is 28.3 Å². The van der Waals surface area contributed by atoms with Crippen LogP contribution < -0.4 is 0 Å². The normalized spacial score (nSPS) is 8.00. The molecular weight excluding hydrogens is 326 g/mol. The number of carboxylic acid groups (broad SMARTS) is 1. The van der Waals surface area contributed by atoms with Crippen molar-refractivity contribution in [3.63, 3.8) is 0 Å². The molecule has 0 fully saturated rings. The molecule has 0 aromatic carbocycles. The summed E-state index contributed by atoms with van der Waals surface area (Å²) in [4.78, 5) is 21.4. The van der Waals surface area contributed by atoms with Gasteiger partial charge in [-0.05, 0) is 12.5 Å². The molecule has 1 aromatic heterocycles. The first-order valence-corrected chi connectivity index (χ1v) is 4.09. The maximum atomic E-state index is 10.5. The van der Waals surface area contributed by atoms with Gasteiger partial charge in [-0.15, -0.1) is 0 Å². The second-order valence-electron chi connectivity index (χ2n) is 2.58. The van der Waals surface area contributed by atoms with Gasteiger partial charge in [0, 0.05) is 5.69 Å². The van der Waals surface area contributed by atoms with Gasteiger partial charge in [-0.3, -0.25) is 0 Å². The second kappa shape index (κ2) is 8.35. The third-order valence-electron chi connectivity index (χ3n) is 1.59. The van der Waals surface area contributed by atoms with E-state index >= 15 is 0 Å². The third-order valence-corrected chi connectivity index (χ3v) is 1.59. The second-order valence-corrected chi connectivity index (χ2v) is 2.58. The van der Waals surface area contributed by atoms with E-state index in [1.165, 1.54) is 0 Å². The van der Waals surface area contributed by atoms with Crippen LogP contribution in [0.3, 0.4) is 0 Å². The summed E-state index contributed by atoms with van der Waals surface area (Å²) in [6.07, 6.45) is 0.696. The molecule has 17 heavy (non-hydrogen) atoms. The van der Waals surface area contributed by atoms with Crippen LogP contribution in [0.5, 0.6) is 0 Å². The number of nitrogens with one attached hydrogen (secondary N) is 1. The van der Waals surface area contributed by atoms with Gasteiger partial charge in [0.25, 0.3) is 0 Å². The smallest absolute Gasteiger partial charge is 0.477 e. The van der Waals surface area contributed by atoms with Crippen molar-refractivity contribution in [1.29, 1.82) is 5.26 Å². The Balaban J connectivity index is 0. The van der Waals surface area contributed by atoms with E-state index in [0.29, 0.717) is 6.42 Å². The summed E-state index contributed by atoms with van der Waals surface area (Å²) < 4.78 is 0. The average Bonchev–Trinajstić information content (AvgIpc) is 2.59. The van der Waals surface area contributed by atoms with Gasteiger partial charge in [0.1, 0.15) is 11.8 Å². The van der Waals surface area contributed by atoms with Crippen LogP contribution in [0.2, 0.25) is 0 Å². The minimum absolute atomic E-state index is 0. The minimum atomic E-state index is -1.75. The number of H-pyrrole nitrogens is 1. The number of nitriles is 1. The molecule has 2 N–H and O–H groups in total. The average molecular weight is 334 g/mol. The maximum Gasteiger partial charge on any atom is 1.00 e. The van der Waals surface area contributed by atoms with E-state index in [1.807, 2.05) is 13.0 Å². The number of hydrogen-bond donors (Lipinski definition) is 2. The molecule has 0 radical (unpaired) electrons. The van der Waals surface area contributed by atoms with Crippen LogP contribution in [0.25, 0.3) is 0 Å². The first-order chi connectivity index (χ1) is 7.42. The molecule has 1 rings (SSSR count). The number of carboxylic acids is 1. The topological polar surface area (TPSA) is 143 Å². The zero-order valence-electron chi connectivity index (χ0n) is 8.56. The Kier molecular flexibility index (Phi) is 8.63. The molecule has 0 aliphatic carbocycles. The zero-order chi connectivity index (χ0) is 12.7. The molecule has 8 nitrogen and oxygen atoms in total. The predicted molar refractivity (Wildman–Crippen MR) is 52.2 cm³/mol. The van der Waals surface area contributed by atoms with E-state index < -0.39 is 11.1 Å². The minimum Gasteiger partial charge on any atom is -0.477 e. The number of aromatic carboxylic acids is 1. The van der Waals surface area contributed by atoms with Crippen LogP contribution in [-0.2, 0) is 28.8 Å². The molecule has 0 bridgehead atoms. The molecule has 9 heteroatoms. The van der Waals surface area contributed by atoms with Crippen LogP contribution in [-0.4, -0.2) is 21.1 Å². The summed E-state index contributed by atoms with van der Waals surface area (Å²) in [5.74, 6) is -1.09. The van der Waals surface area contributed by atoms with E-state index in [2.05, 4.69) is 4.98 Å². The van der Waals surface area contributed by atoms with Gasteiger partial charge < -0.3 is 25.4 Å². The fourth-order valence-electron chi connectivity index (χ4n) is 0.958. The van der Waals surface area contributed by atoms with Gasteiger partial charge in [0.2, 0.25) is 0 Å². The summed E-state index contributed by atoms with van der Waals surface area (Å²) in [7, 11) is 0. The molecule has 0 saturated heterocycles. The largest absolute Gasteiger partial charge is 1.00 e. The van der Waals surface area contributed by atoms with Crippen molar-refractivity contribution in [1.82, 2.24) is 4.98 Å². The van der Waals surface area contributed by atoms with Gasteiger partial charge in [0.15, 0.2) is 0 Å². The van der Waals surface area contributed by atoms with Gasteiger partial charge in [-0.2, -0.15) is 5.26 Å². The van der Waals surface area contributed by atoms with Crippen molar-refractivity contribution in [3.05, 3.63) is 38.3 Å². The van der Waals surface area contributed by atoms with Crippen molar-refractivity contribution in [2.24, 2.45) is 0 Å². The van der Waals surface area contributed by atoms with Crippen LogP contribution in [0, 0.1) is 26.7 Å². The van der Waals surface area contributed by atoms with Crippen molar-refractivity contribution in [2.45, 2.75) is 13.3 Å². The molecule has 1 heterocycles. The Morgan fingerprint density at radius 2 is 2.12 bits per heavy atom. The molecule has 1 aromatic rings. The monoisotopic (exact) mass is 333 g/mol. The standard InChI is InChI=1S/C8H8N2O2.Ag.NO3/c1-2-6-3-5(4-9)7(10-6)8(11)12;;2-1(3)4/h3,10H,2H2,1H3,(H,11,12);;/q;+1;-1. The Morgan fingerprint density at radius 1 is 1.65 bits per heavy atom. The summed E-state index contributed by atoms with van der Waals surface area (Å²) >= 11 is 0. The van der Waals surface area contributed by atoms with Crippen LogP contribution >= 0.6 is 0 Å². The molecular formula is C8H8AgN3O5. The van der Waals surface area contributed by atoms with Crippen molar-refractivity contribution in [3.8, 4) is 6.07 Å². The fraction of sp³-hybridized carbons (Fsp3) is 0.250. The molecule has 0 amide bonds. The first-order valence-electron chi connectivity index (χ1n) is 4.09. The molecule has 0 spiro atoms. The number of nitrogens with zero attached hydrogens (tertiary/aromatic N) is 2. The summed E-state index contributed by atoms with van der Waals surface area (Å²) in [5.41, 5.74) is 0.942. The van der Waals surface area contributed by atoms with Crippen molar-refractivity contribution < 1.29 is 37.4 Å². The number of aromatic amines is 1. The van der Waals surface area contributed by atoms with Crippen LogP contribution in [0.1, 0.15) is 28.7 Å². The Hall–Kier alpha value is -1.82. The zero-order valence-corrected chi connectivity index (χ0v) is 10.0. The Morgan fingerprint density at radius 3 is 2.35 bits per heavy atom. The third kappa shape index (κ3) is 6.36. The molecule has 0 aliphatic rings. The Labute approximate surface area is 111 Å². The van der Waals surface area contributed by atoms with Gasteiger partial charge in [0.05, 0.1) is 10.7 Å². The quantitative estimate of drug-likeness (QED) is 0.467. The Bertz CT molecular complexity index is 433. The predicted octanol–water partition coefficient (Wildman–Crippen LogP) is 0.905. The summed E-state index contributed by atoms with van der Waals surface area (Å²) in [6, 6.07) is 3.38. The number of rotatable bonds is 2. The van der Waals surface area contributed by atoms with E-state index in [1.54, 1.807) is 6.07 Å². The molecule has 0 unspecified atom stereocenters. The number of aromatic nitrogens is 1. The number of carbonyl (C=O) groups is 1. The van der Waals surface area contributed by atoms with E-state index in [9.17, 15) is 4.79 Å². The number of aryl methyl sites for hydroxylation is 1. The fourth-order valence-corrected chi connectivity index (χ4v) is 0.958. The van der Waals surface area contributed by atoms with Crippen molar-refractivity contribution in [2.75, 3.05) is 0 Å². The van der Waals surface area contributed by atoms with Crippen LogP contribution in [0.4, 0.5) is 0 Å². The first kappa shape index (κ1) is 17.6. The van der Waals surface area contributed by atoms with E-state index in [0.717, 1.165) is 5.69 Å². The van der Waals surface area contributed by atoms with Gasteiger partial charge in [-0.25, -0.2) is 4.79 Å². The molecule has 0 aliphatic heterocycles. The number of hydrogen-bond acceptors (Lipinski definition) is 5. The van der Waals surface area contributed by atoms with Crippen LogP contribution in [0.15, 0.2) is 6.07 Å². The molecule has 96 valence electrons.